The van der Waals surface area contributed by atoms with Crippen molar-refractivity contribution in [3.8, 4) is 5.75 Å². The lowest BCUT2D eigenvalue weighted by atomic mass is 10.1. The highest BCUT2D eigenvalue weighted by atomic mass is 17.1. The van der Waals surface area contributed by atoms with Gasteiger partial charge in [-0.05, 0) is 24.6 Å². The summed E-state index contributed by atoms with van der Waals surface area (Å²) in [6.45, 7) is 1.77. The molecule has 12 heavy (non-hydrogen) atoms. The Morgan fingerprint density at radius 3 is 2.42 bits per heavy atom. The number of hydrogen-bond donors (Lipinski definition) is 2. The molecule has 66 valence electrons. The number of rotatable bonds is 3. The first-order valence-corrected chi connectivity index (χ1v) is 3.80. The molecule has 0 radical (unpaired) electrons. The predicted molar refractivity (Wildman–Crippen MR) is 45.0 cm³/mol. The molecule has 3 nitrogen and oxygen atoms in total. The van der Waals surface area contributed by atoms with Gasteiger partial charge in [0.2, 0.25) is 0 Å². The van der Waals surface area contributed by atoms with Gasteiger partial charge in [-0.15, -0.1) is 0 Å². The zero-order valence-electron chi connectivity index (χ0n) is 6.90. The molecular weight excluding hydrogens is 156 g/mol. The Bertz CT molecular complexity index is 230. The van der Waals surface area contributed by atoms with Crippen molar-refractivity contribution < 1.29 is 15.3 Å². The van der Waals surface area contributed by atoms with E-state index in [1.807, 2.05) is 0 Å². The van der Waals surface area contributed by atoms with Gasteiger partial charge < -0.3 is 5.11 Å². The summed E-state index contributed by atoms with van der Waals surface area (Å²) in [5.41, 5.74) is 1.02. The normalized spacial score (nSPS) is 12.8. The highest BCUT2D eigenvalue weighted by Crippen LogP contribution is 2.11. The molecule has 1 unspecified atom stereocenters. The minimum Gasteiger partial charge on any atom is -0.508 e. The standard InChI is InChI=1S/C9H12O3/c1-7(12-11)6-8-2-4-9(10)5-3-8/h2-5,7,10-11H,6H2,1H3. The van der Waals surface area contributed by atoms with Gasteiger partial charge in [-0.1, -0.05) is 12.1 Å². The van der Waals surface area contributed by atoms with Crippen molar-refractivity contribution in [2.45, 2.75) is 19.4 Å². The zero-order chi connectivity index (χ0) is 8.97. The van der Waals surface area contributed by atoms with Crippen LogP contribution in [0.5, 0.6) is 5.75 Å². The van der Waals surface area contributed by atoms with Gasteiger partial charge in [0.1, 0.15) is 5.75 Å². The van der Waals surface area contributed by atoms with Crippen LogP contribution in [0, 0.1) is 0 Å². The minimum absolute atomic E-state index is 0.213. The Morgan fingerprint density at radius 1 is 1.33 bits per heavy atom. The second-order valence-corrected chi connectivity index (χ2v) is 2.79. The highest BCUT2D eigenvalue weighted by Gasteiger charge is 2.02. The molecular formula is C9H12O3. The summed E-state index contributed by atoms with van der Waals surface area (Å²) >= 11 is 0. The fourth-order valence-electron chi connectivity index (χ4n) is 1.00. The third-order valence-electron chi connectivity index (χ3n) is 1.64. The molecule has 0 aromatic heterocycles. The third kappa shape index (κ3) is 2.53. The maximum absolute atomic E-state index is 8.97. The van der Waals surface area contributed by atoms with Crippen molar-refractivity contribution in [1.29, 1.82) is 0 Å². The quantitative estimate of drug-likeness (QED) is 0.534. The van der Waals surface area contributed by atoms with Crippen LogP contribution in [0.4, 0.5) is 0 Å². The molecule has 0 amide bonds. The molecule has 0 bridgehead atoms. The summed E-state index contributed by atoms with van der Waals surface area (Å²) < 4.78 is 0. The lowest BCUT2D eigenvalue weighted by molar-refractivity contribution is -0.273. The summed E-state index contributed by atoms with van der Waals surface area (Å²) in [5, 5.41) is 17.3. The average molecular weight is 168 g/mol. The van der Waals surface area contributed by atoms with E-state index < -0.39 is 0 Å². The summed E-state index contributed by atoms with van der Waals surface area (Å²) in [4.78, 5) is 4.12. The van der Waals surface area contributed by atoms with E-state index in [0.717, 1.165) is 5.56 Å². The molecule has 0 fully saturated rings. The van der Waals surface area contributed by atoms with Gasteiger partial charge in [-0.25, -0.2) is 4.89 Å². The first-order valence-electron chi connectivity index (χ1n) is 3.80. The Morgan fingerprint density at radius 2 is 1.92 bits per heavy atom. The Kier molecular flexibility index (Phi) is 3.08. The number of phenols is 1. The minimum atomic E-state index is -0.213. The van der Waals surface area contributed by atoms with E-state index in [1.165, 1.54) is 0 Å². The average Bonchev–Trinajstić information content (AvgIpc) is 2.09. The molecule has 0 spiro atoms. The van der Waals surface area contributed by atoms with E-state index in [0.29, 0.717) is 6.42 Å². The number of hydrogen-bond acceptors (Lipinski definition) is 3. The van der Waals surface area contributed by atoms with Crippen LogP contribution in [-0.2, 0) is 11.3 Å². The van der Waals surface area contributed by atoms with Gasteiger partial charge >= 0.3 is 0 Å². The molecule has 0 heterocycles. The van der Waals surface area contributed by atoms with Crippen molar-refractivity contribution in [3.63, 3.8) is 0 Å². The third-order valence-corrected chi connectivity index (χ3v) is 1.64. The Labute approximate surface area is 71.2 Å². The van der Waals surface area contributed by atoms with Gasteiger partial charge in [0.25, 0.3) is 0 Å². The topological polar surface area (TPSA) is 49.7 Å². The molecule has 0 saturated carbocycles. The van der Waals surface area contributed by atoms with Crippen LogP contribution in [0.1, 0.15) is 12.5 Å². The second-order valence-electron chi connectivity index (χ2n) is 2.79. The van der Waals surface area contributed by atoms with E-state index in [4.69, 9.17) is 10.4 Å². The molecule has 0 aliphatic rings. The molecule has 1 aromatic carbocycles. The van der Waals surface area contributed by atoms with E-state index in [-0.39, 0.29) is 11.9 Å². The van der Waals surface area contributed by atoms with Crippen LogP contribution in [0.2, 0.25) is 0 Å². The maximum atomic E-state index is 8.97. The van der Waals surface area contributed by atoms with Crippen molar-refractivity contribution >= 4 is 0 Å². The molecule has 0 aliphatic carbocycles. The molecule has 1 atom stereocenters. The summed E-state index contributed by atoms with van der Waals surface area (Å²) in [7, 11) is 0. The lowest BCUT2D eigenvalue weighted by Crippen LogP contribution is -2.08. The largest absolute Gasteiger partial charge is 0.508 e. The lowest BCUT2D eigenvalue weighted by Gasteiger charge is -2.06. The summed E-state index contributed by atoms with van der Waals surface area (Å²) in [6.07, 6.45) is 0.422. The van der Waals surface area contributed by atoms with Gasteiger partial charge in [0.15, 0.2) is 0 Å². The SMILES string of the molecule is CC(Cc1ccc(O)cc1)OO. The van der Waals surface area contributed by atoms with Crippen LogP contribution < -0.4 is 0 Å². The van der Waals surface area contributed by atoms with Gasteiger partial charge in [0.05, 0.1) is 6.10 Å². The molecule has 3 heteroatoms. The number of aromatic hydroxyl groups is 1. The van der Waals surface area contributed by atoms with E-state index >= 15 is 0 Å². The number of benzene rings is 1. The first kappa shape index (κ1) is 9.03. The Hall–Kier alpha value is -1.06. The van der Waals surface area contributed by atoms with Crippen LogP contribution >= 0.6 is 0 Å². The fourth-order valence-corrected chi connectivity index (χ4v) is 1.00. The van der Waals surface area contributed by atoms with Crippen LogP contribution in [0.15, 0.2) is 24.3 Å². The summed E-state index contributed by atoms with van der Waals surface area (Å²) in [5.74, 6) is 0.247. The molecule has 2 N–H and O–H groups in total. The summed E-state index contributed by atoms with van der Waals surface area (Å²) in [6, 6.07) is 6.81. The monoisotopic (exact) mass is 168 g/mol. The van der Waals surface area contributed by atoms with Gasteiger partial charge in [-0.3, -0.25) is 5.26 Å². The van der Waals surface area contributed by atoms with Crippen molar-refractivity contribution in [2.24, 2.45) is 0 Å². The fraction of sp³-hybridized carbons (Fsp3) is 0.333. The second kappa shape index (κ2) is 4.09. The van der Waals surface area contributed by atoms with Crippen molar-refractivity contribution in [2.75, 3.05) is 0 Å². The highest BCUT2D eigenvalue weighted by molar-refractivity contribution is 5.26. The Balaban J connectivity index is 2.58. The maximum Gasteiger partial charge on any atom is 0.115 e. The first-order chi connectivity index (χ1) is 5.72. The van der Waals surface area contributed by atoms with Crippen LogP contribution in [0.3, 0.4) is 0 Å². The number of phenolic OH excluding ortho intramolecular Hbond substituents is 1. The molecule has 1 rings (SSSR count). The zero-order valence-corrected chi connectivity index (χ0v) is 6.90. The van der Waals surface area contributed by atoms with Crippen molar-refractivity contribution in [3.05, 3.63) is 29.8 Å². The predicted octanol–water partition coefficient (Wildman–Crippen LogP) is 1.81. The van der Waals surface area contributed by atoms with Crippen LogP contribution in [0.25, 0.3) is 0 Å². The molecule has 0 saturated heterocycles. The molecule has 0 aliphatic heterocycles. The van der Waals surface area contributed by atoms with Crippen molar-refractivity contribution in [1.82, 2.24) is 0 Å². The molecule has 1 aromatic rings. The van der Waals surface area contributed by atoms with Gasteiger partial charge in [0, 0.05) is 6.42 Å². The van der Waals surface area contributed by atoms with Gasteiger partial charge in [-0.2, -0.15) is 0 Å². The van der Waals surface area contributed by atoms with E-state index in [9.17, 15) is 0 Å². The van der Waals surface area contributed by atoms with E-state index in [1.54, 1.807) is 31.2 Å². The van der Waals surface area contributed by atoms with E-state index in [2.05, 4.69) is 4.89 Å². The smallest absolute Gasteiger partial charge is 0.115 e. The van der Waals surface area contributed by atoms with Crippen LogP contribution in [-0.4, -0.2) is 16.5 Å².